The van der Waals surface area contributed by atoms with Gasteiger partial charge in [0.25, 0.3) is 5.91 Å². The largest absolute Gasteiger partial charge is 0.433 e. The van der Waals surface area contributed by atoms with E-state index in [0.29, 0.717) is 34.5 Å². The van der Waals surface area contributed by atoms with Crippen molar-refractivity contribution in [3.05, 3.63) is 95.6 Å². The predicted molar refractivity (Wildman–Crippen MR) is 134 cm³/mol. The van der Waals surface area contributed by atoms with Crippen LogP contribution in [0.1, 0.15) is 32.9 Å². The van der Waals surface area contributed by atoms with Gasteiger partial charge in [0.2, 0.25) is 0 Å². The van der Waals surface area contributed by atoms with Crippen molar-refractivity contribution in [3.63, 3.8) is 0 Å². The van der Waals surface area contributed by atoms with Crippen molar-refractivity contribution in [3.8, 4) is 11.8 Å². The number of anilines is 3. The molecule has 190 valence electrons. The van der Waals surface area contributed by atoms with Gasteiger partial charge in [-0.05, 0) is 42.7 Å². The van der Waals surface area contributed by atoms with Gasteiger partial charge >= 0.3 is 6.18 Å². The minimum absolute atomic E-state index is 0.157. The molecule has 5 aromatic rings. The van der Waals surface area contributed by atoms with Crippen LogP contribution in [0.25, 0.3) is 5.65 Å². The summed E-state index contributed by atoms with van der Waals surface area (Å²) in [6, 6.07) is 7.01. The molecule has 0 aliphatic rings. The molecule has 0 spiro atoms. The van der Waals surface area contributed by atoms with Crippen LogP contribution in [-0.4, -0.2) is 35.0 Å². The maximum absolute atomic E-state index is 12.9. The first-order valence-electron chi connectivity index (χ1n) is 11.2. The molecule has 4 heterocycles. The maximum atomic E-state index is 12.9. The Morgan fingerprint density at radius 1 is 1.00 bits per heavy atom. The third-order valence-corrected chi connectivity index (χ3v) is 5.53. The number of aryl methyl sites for hydroxylation is 2. The van der Waals surface area contributed by atoms with Crippen LogP contribution in [0.15, 0.2) is 67.5 Å². The minimum Gasteiger partial charge on any atom is -0.335 e. The fourth-order valence-electron chi connectivity index (χ4n) is 3.62. The van der Waals surface area contributed by atoms with Gasteiger partial charge in [0.05, 0.1) is 18.1 Å². The van der Waals surface area contributed by atoms with Crippen LogP contribution in [-0.2, 0) is 13.2 Å². The fourth-order valence-corrected chi connectivity index (χ4v) is 3.62. The molecule has 38 heavy (non-hydrogen) atoms. The third kappa shape index (κ3) is 5.17. The second kappa shape index (κ2) is 9.70. The fraction of sp³-hybridized carbons (Fsp3) is 0.115. The summed E-state index contributed by atoms with van der Waals surface area (Å²) in [5.41, 5.74) is 2.54. The van der Waals surface area contributed by atoms with Crippen molar-refractivity contribution in [2.45, 2.75) is 13.1 Å². The Hall–Kier alpha value is -5.18. The Bertz CT molecular complexity index is 1730. The molecule has 1 aromatic carbocycles. The molecule has 0 saturated carbocycles. The number of rotatable bonds is 4. The summed E-state index contributed by atoms with van der Waals surface area (Å²) in [6.45, 7) is 1.86. The lowest BCUT2D eigenvalue weighted by molar-refractivity contribution is -0.141. The standard InChI is InChI=1S/C26H19F3N8O/c1-16-3-5-19(35-25(38)18-7-8-30-22(12-18)26(27,28)29)11-17(16)4-6-21-14-32-24-23(31-9-10-37(21)24)34-20-13-33-36(2)15-20/h3,5,7-15H,1-2H3,(H,31,34)(H,35,38). The van der Waals surface area contributed by atoms with E-state index in [1.54, 1.807) is 52.1 Å². The Morgan fingerprint density at radius 3 is 2.61 bits per heavy atom. The average Bonchev–Trinajstić information content (AvgIpc) is 3.50. The second-order valence-electron chi connectivity index (χ2n) is 8.30. The van der Waals surface area contributed by atoms with Crippen LogP contribution in [0.4, 0.5) is 30.4 Å². The molecule has 0 aliphatic carbocycles. The van der Waals surface area contributed by atoms with E-state index < -0.39 is 17.8 Å². The van der Waals surface area contributed by atoms with E-state index in [1.165, 1.54) is 6.07 Å². The molecular weight excluding hydrogens is 497 g/mol. The number of amides is 1. The second-order valence-corrected chi connectivity index (χ2v) is 8.30. The van der Waals surface area contributed by atoms with Crippen LogP contribution in [0.5, 0.6) is 0 Å². The van der Waals surface area contributed by atoms with Crippen molar-refractivity contribution in [1.82, 2.24) is 29.1 Å². The molecule has 9 nitrogen and oxygen atoms in total. The number of benzene rings is 1. The molecule has 1 amide bonds. The van der Waals surface area contributed by atoms with Crippen LogP contribution in [0.2, 0.25) is 0 Å². The van der Waals surface area contributed by atoms with Gasteiger partial charge in [-0.1, -0.05) is 12.0 Å². The lowest BCUT2D eigenvalue weighted by atomic mass is 10.1. The van der Waals surface area contributed by atoms with Gasteiger partial charge in [0.15, 0.2) is 11.5 Å². The average molecular weight is 516 g/mol. The number of alkyl halides is 3. The lowest BCUT2D eigenvalue weighted by Gasteiger charge is -2.09. The molecule has 0 aliphatic heterocycles. The zero-order valence-corrected chi connectivity index (χ0v) is 20.1. The molecule has 0 bridgehead atoms. The summed E-state index contributed by atoms with van der Waals surface area (Å²) >= 11 is 0. The molecule has 12 heteroatoms. The van der Waals surface area contributed by atoms with E-state index in [9.17, 15) is 18.0 Å². The number of halogens is 3. The van der Waals surface area contributed by atoms with Crippen molar-refractivity contribution in [2.75, 3.05) is 10.6 Å². The van der Waals surface area contributed by atoms with Crippen LogP contribution >= 0.6 is 0 Å². The highest BCUT2D eigenvalue weighted by atomic mass is 19.4. The van der Waals surface area contributed by atoms with E-state index in [1.807, 2.05) is 20.2 Å². The highest BCUT2D eigenvalue weighted by Crippen LogP contribution is 2.28. The summed E-state index contributed by atoms with van der Waals surface area (Å²) in [7, 11) is 1.81. The smallest absolute Gasteiger partial charge is 0.335 e. The number of pyridine rings is 1. The Kier molecular flexibility index (Phi) is 6.26. The maximum Gasteiger partial charge on any atom is 0.433 e. The normalized spacial score (nSPS) is 11.2. The first-order valence-corrected chi connectivity index (χ1v) is 11.2. The molecule has 5 rings (SSSR count). The molecule has 0 fully saturated rings. The lowest BCUT2D eigenvalue weighted by Crippen LogP contribution is -2.15. The zero-order valence-electron chi connectivity index (χ0n) is 20.1. The molecule has 0 unspecified atom stereocenters. The van der Waals surface area contributed by atoms with Gasteiger partial charge in [-0.25, -0.2) is 9.97 Å². The number of fused-ring (bicyclic) bond motifs is 1. The Balaban J connectivity index is 1.38. The number of carbonyl (C=O) groups is 1. The highest BCUT2D eigenvalue weighted by molar-refractivity contribution is 6.04. The minimum atomic E-state index is -4.65. The monoisotopic (exact) mass is 516 g/mol. The number of hydrogen-bond donors (Lipinski definition) is 2. The summed E-state index contributed by atoms with van der Waals surface area (Å²) in [4.78, 5) is 24.6. The summed E-state index contributed by atoms with van der Waals surface area (Å²) < 4.78 is 42.3. The molecular formula is C26H19F3N8O. The number of nitrogens with one attached hydrogen (secondary N) is 2. The topological polar surface area (TPSA) is 102 Å². The van der Waals surface area contributed by atoms with E-state index >= 15 is 0 Å². The van der Waals surface area contributed by atoms with Gasteiger partial charge in [-0.3, -0.25) is 18.9 Å². The predicted octanol–water partition coefficient (Wildman–Crippen LogP) is 4.58. The molecule has 2 N–H and O–H groups in total. The van der Waals surface area contributed by atoms with Crippen LogP contribution in [0.3, 0.4) is 0 Å². The van der Waals surface area contributed by atoms with Gasteiger partial charge in [-0.15, -0.1) is 0 Å². The first kappa shape index (κ1) is 24.5. The third-order valence-electron chi connectivity index (χ3n) is 5.53. The number of imidazole rings is 1. The first-order chi connectivity index (χ1) is 18.2. The summed E-state index contributed by atoms with van der Waals surface area (Å²) in [6.07, 6.45) is 4.79. The van der Waals surface area contributed by atoms with Crippen LogP contribution in [0, 0.1) is 18.8 Å². The quantitative estimate of drug-likeness (QED) is 0.339. The van der Waals surface area contributed by atoms with Crippen molar-refractivity contribution in [1.29, 1.82) is 0 Å². The van der Waals surface area contributed by atoms with E-state index in [-0.39, 0.29) is 5.56 Å². The number of hydrogen-bond acceptors (Lipinski definition) is 6. The van der Waals surface area contributed by atoms with E-state index in [4.69, 9.17) is 0 Å². The zero-order chi connectivity index (χ0) is 26.9. The van der Waals surface area contributed by atoms with Gasteiger partial charge in [0.1, 0.15) is 11.4 Å². The SMILES string of the molecule is Cc1ccc(NC(=O)c2ccnc(C(F)(F)F)c2)cc1C#Cc1cnc2c(Nc3cnn(C)c3)nccn12. The van der Waals surface area contributed by atoms with Crippen molar-refractivity contribution >= 4 is 28.7 Å². The molecule has 4 aromatic heterocycles. The number of aromatic nitrogens is 6. The van der Waals surface area contributed by atoms with Crippen LogP contribution < -0.4 is 10.6 Å². The number of carbonyl (C=O) groups excluding carboxylic acids is 1. The van der Waals surface area contributed by atoms with Gasteiger partial charge in [-0.2, -0.15) is 18.3 Å². The van der Waals surface area contributed by atoms with E-state index in [2.05, 4.69) is 42.5 Å². The van der Waals surface area contributed by atoms with Gasteiger partial charge < -0.3 is 10.6 Å². The Labute approximate surface area is 214 Å². The van der Waals surface area contributed by atoms with Crippen molar-refractivity contribution in [2.24, 2.45) is 7.05 Å². The summed E-state index contributed by atoms with van der Waals surface area (Å²) in [5, 5.41) is 9.93. The molecule has 0 radical (unpaired) electrons. The van der Waals surface area contributed by atoms with Gasteiger partial charge in [0, 0.05) is 48.6 Å². The Morgan fingerprint density at radius 2 is 1.84 bits per heavy atom. The molecule has 0 atom stereocenters. The molecule has 0 saturated heterocycles. The van der Waals surface area contributed by atoms with Crippen molar-refractivity contribution < 1.29 is 18.0 Å². The highest BCUT2D eigenvalue weighted by Gasteiger charge is 2.33. The number of nitrogens with zero attached hydrogens (tertiary/aromatic N) is 6. The van der Waals surface area contributed by atoms with E-state index in [0.717, 1.165) is 17.4 Å². The summed E-state index contributed by atoms with van der Waals surface area (Å²) in [5.74, 6) is 6.03.